The Balaban J connectivity index is 1.85. The number of hydrogen-bond acceptors (Lipinski definition) is 4. The molecule has 2 N–H and O–H groups in total. The Morgan fingerprint density at radius 1 is 1.24 bits per heavy atom. The van der Waals surface area contributed by atoms with Gasteiger partial charge >= 0.3 is 0 Å². The number of hydrogen-bond donors (Lipinski definition) is 2. The molecule has 0 saturated carbocycles. The van der Waals surface area contributed by atoms with Crippen molar-refractivity contribution in [3.05, 3.63) is 46.4 Å². The molecule has 1 aromatic heterocycles. The quantitative estimate of drug-likeness (QED) is 0.862. The monoisotopic (exact) mass is 303 g/mol. The molecule has 0 bridgehead atoms. The maximum Gasteiger partial charge on any atom is 0.271 e. The molecule has 2 amide bonds. The fourth-order valence-electron chi connectivity index (χ4n) is 1.75. The lowest BCUT2D eigenvalue weighted by Crippen LogP contribution is -2.23. The van der Waals surface area contributed by atoms with E-state index in [9.17, 15) is 9.59 Å². The molecule has 0 aliphatic heterocycles. The molecule has 2 rings (SSSR count). The molecule has 6 heteroatoms. The molecule has 0 atom stereocenters. The van der Waals surface area contributed by atoms with Gasteiger partial charge in [-0.25, -0.2) is 4.98 Å². The van der Waals surface area contributed by atoms with E-state index in [-0.39, 0.29) is 11.8 Å². The van der Waals surface area contributed by atoms with E-state index in [1.165, 1.54) is 11.3 Å². The third kappa shape index (κ3) is 4.68. The van der Waals surface area contributed by atoms with Gasteiger partial charge in [0.15, 0.2) is 0 Å². The average Bonchev–Trinajstić information content (AvgIpc) is 3.01. The first kappa shape index (κ1) is 15.2. The number of carbonyl (C=O) groups is 2. The molecule has 21 heavy (non-hydrogen) atoms. The second kappa shape index (κ2) is 7.54. The number of benzene rings is 1. The predicted molar refractivity (Wildman–Crippen MR) is 83.3 cm³/mol. The Morgan fingerprint density at radius 3 is 2.62 bits per heavy atom. The van der Waals surface area contributed by atoms with Crippen LogP contribution >= 0.6 is 11.3 Å². The van der Waals surface area contributed by atoms with E-state index >= 15 is 0 Å². The topological polar surface area (TPSA) is 71.1 Å². The molecule has 0 spiro atoms. The van der Waals surface area contributed by atoms with Crippen molar-refractivity contribution < 1.29 is 9.59 Å². The molecule has 1 aromatic carbocycles. The summed E-state index contributed by atoms with van der Waals surface area (Å²) in [5.41, 5.74) is 3.79. The minimum absolute atomic E-state index is 0.0158. The standard InChI is InChI=1S/C15H17N3O2S/c1-2-3-14(19)18-12-6-4-11(5-7-12)8-16-15(20)13-9-21-10-17-13/h4-7,9-10H,2-3,8H2,1H3,(H,16,20)(H,18,19). The van der Waals surface area contributed by atoms with Crippen LogP contribution in [-0.4, -0.2) is 16.8 Å². The van der Waals surface area contributed by atoms with Gasteiger partial charge in [-0.2, -0.15) is 0 Å². The third-order valence-corrected chi connectivity index (χ3v) is 3.42. The van der Waals surface area contributed by atoms with Crippen LogP contribution in [0.3, 0.4) is 0 Å². The summed E-state index contributed by atoms with van der Waals surface area (Å²) in [6, 6.07) is 7.42. The van der Waals surface area contributed by atoms with Crippen molar-refractivity contribution in [2.75, 3.05) is 5.32 Å². The van der Waals surface area contributed by atoms with Gasteiger partial charge in [0.2, 0.25) is 5.91 Å². The minimum Gasteiger partial charge on any atom is -0.347 e. The summed E-state index contributed by atoms with van der Waals surface area (Å²) < 4.78 is 0. The van der Waals surface area contributed by atoms with Crippen LogP contribution in [-0.2, 0) is 11.3 Å². The van der Waals surface area contributed by atoms with Crippen molar-refractivity contribution in [2.24, 2.45) is 0 Å². The van der Waals surface area contributed by atoms with Crippen molar-refractivity contribution in [3.63, 3.8) is 0 Å². The Kier molecular flexibility index (Phi) is 5.45. The van der Waals surface area contributed by atoms with Crippen molar-refractivity contribution in [1.82, 2.24) is 10.3 Å². The van der Waals surface area contributed by atoms with Crippen molar-refractivity contribution >= 4 is 28.8 Å². The number of thiazole rings is 1. The third-order valence-electron chi connectivity index (χ3n) is 2.83. The Bertz CT molecular complexity index is 594. The van der Waals surface area contributed by atoms with Gasteiger partial charge in [0.05, 0.1) is 5.51 Å². The zero-order valence-corrected chi connectivity index (χ0v) is 12.6. The highest BCUT2D eigenvalue weighted by atomic mass is 32.1. The summed E-state index contributed by atoms with van der Waals surface area (Å²) in [5, 5.41) is 7.33. The molecule has 110 valence electrons. The molecular formula is C15H17N3O2S. The molecule has 0 saturated heterocycles. The van der Waals surface area contributed by atoms with Crippen LogP contribution in [0.25, 0.3) is 0 Å². The van der Waals surface area contributed by atoms with E-state index < -0.39 is 0 Å². The normalized spacial score (nSPS) is 10.1. The van der Waals surface area contributed by atoms with Gasteiger partial charge in [-0.3, -0.25) is 9.59 Å². The van der Waals surface area contributed by atoms with Crippen LogP contribution in [0.2, 0.25) is 0 Å². The first-order valence-electron chi connectivity index (χ1n) is 6.74. The molecular weight excluding hydrogens is 286 g/mol. The summed E-state index contributed by atoms with van der Waals surface area (Å²) in [5.74, 6) is -0.168. The molecule has 2 aromatic rings. The van der Waals surface area contributed by atoms with Gasteiger partial charge in [-0.15, -0.1) is 11.3 Å². The highest BCUT2D eigenvalue weighted by Crippen LogP contribution is 2.10. The van der Waals surface area contributed by atoms with E-state index in [0.29, 0.717) is 18.7 Å². The highest BCUT2D eigenvalue weighted by Gasteiger charge is 2.07. The van der Waals surface area contributed by atoms with Gasteiger partial charge < -0.3 is 10.6 Å². The number of nitrogens with one attached hydrogen (secondary N) is 2. The van der Waals surface area contributed by atoms with Crippen LogP contribution in [0, 0.1) is 0 Å². The second-order valence-corrected chi connectivity index (χ2v) is 5.27. The number of rotatable bonds is 6. The Hall–Kier alpha value is -2.21. The maximum atomic E-state index is 11.7. The summed E-state index contributed by atoms with van der Waals surface area (Å²) in [6.07, 6.45) is 1.35. The Labute approximate surface area is 127 Å². The lowest BCUT2D eigenvalue weighted by molar-refractivity contribution is -0.116. The van der Waals surface area contributed by atoms with Gasteiger partial charge in [-0.05, 0) is 24.1 Å². The molecule has 1 heterocycles. The summed E-state index contributed by atoms with van der Waals surface area (Å²) >= 11 is 1.39. The molecule has 0 aliphatic carbocycles. The van der Waals surface area contributed by atoms with E-state index in [1.54, 1.807) is 10.9 Å². The fourth-order valence-corrected chi connectivity index (χ4v) is 2.29. The molecule has 5 nitrogen and oxygen atoms in total. The second-order valence-electron chi connectivity index (χ2n) is 4.55. The first-order valence-corrected chi connectivity index (χ1v) is 7.68. The largest absolute Gasteiger partial charge is 0.347 e. The summed E-state index contributed by atoms with van der Waals surface area (Å²) in [7, 11) is 0. The summed E-state index contributed by atoms with van der Waals surface area (Å²) in [4.78, 5) is 27.2. The van der Waals surface area contributed by atoms with Crippen LogP contribution in [0.4, 0.5) is 5.69 Å². The fraction of sp³-hybridized carbons (Fsp3) is 0.267. The number of amides is 2. The van der Waals surface area contributed by atoms with Crippen molar-refractivity contribution in [2.45, 2.75) is 26.3 Å². The number of aromatic nitrogens is 1. The van der Waals surface area contributed by atoms with Gasteiger partial charge in [0.1, 0.15) is 5.69 Å². The lowest BCUT2D eigenvalue weighted by atomic mass is 10.2. The van der Waals surface area contributed by atoms with Crippen LogP contribution < -0.4 is 10.6 Å². The zero-order valence-electron chi connectivity index (χ0n) is 11.8. The lowest BCUT2D eigenvalue weighted by Gasteiger charge is -2.07. The maximum absolute atomic E-state index is 11.7. The molecule has 0 aliphatic rings. The number of carbonyl (C=O) groups excluding carboxylic acids is 2. The number of nitrogens with zero attached hydrogens (tertiary/aromatic N) is 1. The predicted octanol–water partition coefficient (Wildman–Crippen LogP) is 2.81. The van der Waals surface area contributed by atoms with Gasteiger partial charge in [0.25, 0.3) is 5.91 Å². The molecule has 0 fully saturated rings. The van der Waals surface area contributed by atoms with Crippen molar-refractivity contribution in [1.29, 1.82) is 0 Å². The van der Waals surface area contributed by atoms with E-state index in [4.69, 9.17) is 0 Å². The molecule has 0 unspecified atom stereocenters. The van der Waals surface area contributed by atoms with Crippen LogP contribution in [0.1, 0.15) is 35.8 Å². The Morgan fingerprint density at radius 2 is 2.00 bits per heavy atom. The van der Waals surface area contributed by atoms with Crippen LogP contribution in [0.15, 0.2) is 35.2 Å². The van der Waals surface area contributed by atoms with Crippen molar-refractivity contribution in [3.8, 4) is 0 Å². The minimum atomic E-state index is -0.184. The smallest absolute Gasteiger partial charge is 0.271 e. The number of anilines is 1. The molecule has 0 radical (unpaired) electrons. The SMILES string of the molecule is CCCC(=O)Nc1ccc(CNC(=O)c2cscn2)cc1. The van der Waals surface area contributed by atoms with Gasteiger partial charge in [-0.1, -0.05) is 19.1 Å². The first-order chi connectivity index (χ1) is 10.2. The van der Waals surface area contributed by atoms with Gasteiger partial charge in [0, 0.05) is 24.0 Å². The van der Waals surface area contributed by atoms with E-state index in [1.807, 2.05) is 31.2 Å². The summed E-state index contributed by atoms with van der Waals surface area (Å²) in [6.45, 7) is 2.40. The van der Waals surface area contributed by atoms with E-state index in [0.717, 1.165) is 17.7 Å². The highest BCUT2D eigenvalue weighted by molar-refractivity contribution is 7.07. The van der Waals surface area contributed by atoms with Crippen LogP contribution in [0.5, 0.6) is 0 Å². The zero-order chi connectivity index (χ0) is 15.1. The average molecular weight is 303 g/mol. The van der Waals surface area contributed by atoms with E-state index in [2.05, 4.69) is 15.6 Å².